The zero-order valence-corrected chi connectivity index (χ0v) is 25.6. The zero-order valence-electron chi connectivity index (χ0n) is 25.6. The molecule has 2 aromatic rings. The average molecular weight is 596 g/mol. The molecular weight excluding hydrogens is 550 g/mol. The van der Waals surface area contributed by atoms with Gasteiger partial charge in [-0.3, -0.25) is 19.5 Å². The van der Waals surface area contributed by atoms with Gasteiger partial charge < -0.3 is 25.4 Å². The third-order valence-electron chi connectivity index (χ3n) is 7.02. The van der Waals surface area contributed by atoms with Gasteiger partial charge >= 0.3 is 12.2 Å². The number of carbonyl (C=O) groups is 4. The van der Waals surface area contributed by atoms with E-state index in [0.29, 0.717) is 31.8 Å². The molecule has 1 aromatic heterocycles. The fraction of sp³-hybridized carbons (Fsp3) is 0.531. The highest BCUT2D eigenvalue weighted by Crippen LogP contribution is 2.14. The van der Waals surface area contributed by atoms with Crippen LogP contribution in [0.5, 0.6) is 0 Å². The fourth-order valence-electron chi connectivity index (χ4n) is 4.97. The lowest BCUT2D eigenvalue weighted by Crippen LogP contribution is -2.57. The third-order valence-corrected chi connectivity index (χ3v) is 7.02. The van der Waals surface area contributed by atoms with Crippen molar-refractivity contribution in [3.8, 4) is 0 Å². The highest BCUT2D eigenvalue weighted by Gasteiger charge is 2.32. The number of benzene rings is 1. The van der Waals surface area contributed by atoms with Gasteiger partial charge in [-0.25, -0.2) is 9.59 Å². The van der Waals surface area contributed by atoms with E-state index in [1.165, 1.54) is 0 Å². The highest BCUT2D eigenvalue weighted by atomic mass is 16.6. The van der Waals surface area contributed by atoms with Crippen molar-refractivity contribution in [2.24, 2.45) is 11.8 Å². The number of pyridine rings is 1. The summed E-state index contributed by atoms with van der Waals surface area (Å²) in [6.07, 6.45) is 3.57. The van der Waals surface area contributed by atoms with E-state index >= 15 is 0 Å². The normalized spacial score (nSPS) is 16.8. The van der Waals surface area contributed by atoms with Crippen molar-refractivity contribution in [1.82, 2.24) is 25.8 Å². The van der Waals surface area contributed by atoms with E-state index in [-0.39, 0.29) is 37.5 Å². The minimum atomic E-state index is -0.836. The maximum absolute atomic E-state index is 13.2. The lowest BCUT2D eigenvalue weighted by atomic mass is 9.98. The molecule has 1 aliphatic heterocycles. The van der Waals surface area contributed by atoms with Crippen molar-refractivity contribution < 1.29 is 28.7 Å². The van der Waals surface area contributed by atoms with Crippen LogP contribution in [-0.2, 0) is 32.3 Å². The van der Waals surface area contributed by atoms with E-state index < -0.39 is 30.2 Å². The maximum atomic E-state index is 13.2. The first-order valence-electron chi connectivity index (χ1n) is 14.9. The molecule has 1 unspecified atom stereocenters. The molecule has 234 valence electrons. The molecule has 0 bridgehead atoms. The molecule has 3 amide bonds. The van der Waals surface area contributed by atoms with Crippen LogP contribution in [0.2, 0.25) is 0 Å². The van der Waals surface area contributed by atoms with Crippen LogP contribution in [0.4, 0.5) is 9.59 Å². The van der Waals surface area contributed by atoms with E-state index in [0.717, 1.165) is 17.5 Å². The molecule has 1 aliphatic rings. The Morgan fingerprint density at radius 3 is 2.09 bits per heavy atom. The largest absolute Gasteiger partial charge is 0.445 e. The van der Waals surface area contributed by atoms with Gasteiger partial charge in [0, 0.05) is 31.5 Å². The molecule has 0 aliphatic carbocycles. The number of aromatic nitrogens is 1. The molecular formula is C32H45N5O6. The molecule has 1 saturated heterocycles. The number of amides is 3. The number of hydrogen-bond donors (Lipinski definition) is 3. The summed E-state index contributed by atoms with van der Waals surface area (Å²) in [7, 11) is 0. The summed E-state index contributed by atoms with van der Waals surface area (Å²) in [5, 5.41) is 8.45. The SMILES string of the molecule is CC(C)C[C@H](CN1CCC(NC(=O)[C@H](CC(C)C)NC(=O)OCc2ccncc2)C(=O)C1)NC(=O)OCc1ccccc1. The standard InChI is InChI=1S/C32H45N5O6/c1-22(2)16-26(34-31(40)42-20-24-8-6-5-7-9-24)18-37-15-12-27(29(38)19-37)35-30(39)28(17-23(3)4)36-32(41)43-21-25-10-13-33-14-11-25/h5-11,13-14,22-23,26-28H,12,15-21H2,1-4H3,(H,34,40)(H,35,39)(H,36,41)/t26-,27?,28+/m1/s1. The van der Waals surface area contributed by atoms with Crippen LogP contribution in [0.1, 0.15) is 58.1 Å². The highest BCUT2D eigenvalue weighted by molar-refractivity contribution is 5.93. The topological polar surface area (TPSA) is 139 Å². The molecule has 3 N–H and O–H groups in total. The van der Waals surface area contributed by atoms with Crippen molar-refractivity contribution in [3.63, 3.8) is 0 Å². The first kappa shape index (κ1) is 33.5. The second-order valence-electron chi connectivity index (χ2n) is 11.8. The molecule has 43 heavy (non-hydrogen) atoms. The predicted octanol–water partition coefficient (Wildman–Crippen LogP) is 3.82. The molecule has 1 fully saturated rings. The van der Waals surface area contributed by atoms with Crippen molar-refractivity contribution in [2.45, 2.75) is 78.3 Å². The second kappa shape index (κ2) is 17.2. The number of likely N-dealkylation sites (tertiary alicyclic amines) is 1. The monoisotopic (exact) mass is 595 g/mol. The van der Waals surface area contributed by atoms with Crippen molar-refractivity contribution in [3.05, 3.63) is 66.0 Å². The summed E-state index contributed by atoms with van der Waals surface area (Å²) in [5.41, 5.74) is 1.68. The lowest BCUT2D eigenvalue weighted by Gasteiger charge is -2.34. The molecule has 11 nitrogen and oxygen atoms in total. The molecule has 11 heteroatoms. The molecule has 1 aromatic carbocycles. The van der Waals surface area contributed by atoms with Crippen molar-refractivity contribution in [2.75, 3.05) is 19.6 Å². The number of carbonyl (C=O) groups excluding carboxylic acids is 4. The second-order valence-corrected chi connectivity index (χ2v) is 11.8. The van der Waals surface area contributed by atoms with Crippen LogP contribution < -0.4 is 16.0 Å². The van der Waals surface area contributed by atoms with Crippen LogP contribution in [0, 0.1) is 11.8 Å². The van der Waals surface area contributed by atoms with E-state index in [1.807, 2.05) is 49.1 Å². The van der Waals surface area contributed by atoms with Gasteiger partial charge in [0.05, 0.1) is 12.6 Å². The van der Waals surface area contributed by atoms with Crippen LogP contribution in [0.15, 0.2) is 54.9 Å². The minimum Gasteiger partial charge on any atom is -0.445 e. The molecule has 3 rings (SSSR count). The number of ketones is 1. The number of ether oxygens (including phenoxy) is 2. The minimum absolute atomic E-state index is 0.0543. The van der Waals surface area contributed by atoms with Crippen LogP contribution in [0.3, 0.4) is 0 Å². The van der Waals surface area contributed by atoms with Crippen LogP contribution >= 0.6 is 0 Å². The quantitative estimate of drug-likeness (QED) is 0.300. The maximum Gasteiger partial charge on any atom is 0.408 e. The van der Waals surface area contributed by atoms with Gasteiger partial charge in [-0.1, -0.05) is 58.0 Å². The Morgan fingerprint density at radius 2 is 1.49 bits per heavy atom. The Balaban J connectivity index is 1.49. The van der Waals surface area contributed by atoms with E-state index in [9.17, 15) is 19.2 Å². The van der Waals surface area contributed by atoms with Crippen LogP contribution in [-0.4, -0.2) is 71.5 Å². The molecule has 0 saturated carbocycles. The van der Waals surface area contributed by atoms with E-state index in [1.54, 1.807) is 24.5 Å². The molecule has 3 atom stereocenters. The number of hydrogen-bond acceptors (Lipinski definition) is 8. The molecule has 2 heterocycles. The number of rotatable bonds is 14. The Kier molecular flexibility index (Phi) is 13.4. The van der Waals surface area contributed by atoms with Gasteiger partial charge in [-0.2, -0.15) is 0 Å². The summed E-state index contributed by atoms with van der Waals surface area (Å²) < 4.78 is 10.7. The summed E-state index contributed by atoms with van der Waals surface area (Å²) in [4.78, 5) is 57.1. The first-order chi connectivity index (χ1) is 20.6. The van der Waals surface area contributed by atoms with Gasteiger partial charge in [-0.05, 0) is 54.4 Å². The summed E-state index contributed by atoms with van der Waals surface area (Å²) in [6, 6.07) is 11.3. The number of nitrogens with one attached hydrogen (secondary N) is 3. The van der Waals surface area contributed by atoms with Crippen molar-refractivity contribution >= 4 is 23.9 Å². The predicted molar refractivity (Wildman–Crippen MR) is 162 cm³/mol. The Hall–Kier alpha value is -3.99. The first-order valence-corrected chi connectivity index (χ1v) is 14.9. The summed E-state index contributed by atoms with van der Waals surface area (Å²) in [5.74, 6) is -0.0766. The lowest BCUT2D eigenvalue weighted by molar-refractivity contribution is -0.131. The number of alkyl carbamates (subject to hydrolysis) is 2. The Bertz CT molecular complexity index is 1180. The van der Waals surface area contributed by atoms with Gasteiger partial charge in [0.2, 0.25) is 5.91 Å². The van der Waals surface area contributed by atoms with E-state index in [2.05, 4.69) is 34.8 Å². The molecule has 0 spiro atoms. The third kappa shape index (κ3) is 12.4. The van der Waals surface area contributed by atoms with Crippen LogP contribution in [0.25, 0.3) is 0 Å². The smallest absolute Gasteiger partial charge is 0.408 e. The molecule has 0 radical (unpaired) electrons. The number of nitrogens with zero attached hydrogens (tertiary/aromatic N) is 2. The number of piperidine rings is 1. The number of Topliss-reactive ketones (excluding diaryl/α,β-unsaturated/α-hetero) is 1. The van der Waals surface area contributed by atoms with Gasteiger partial charge in [0.25, 0.3) is 0 Å². The van der Waals surface area contributed by atoms with Gasteiger partial charge in [0.1, 0.15) is 19.3 Å². The van der Waals surface area contributed by atoms with Gasteiger partial charge in [0.15, 0.2) is 5.78 Å². The fourth-order valence-corrected chi connectivity index (χ4v) is 4.97. The summed E-state index contributed by atoms with van der Waals surface area (Å²) in [6.45, 7) is 9.50. The van der Waals surface area contributed by atoms with Gasteiger partial charge in [-0.15, -0.1) is 0 Å². The average Bonchev–Trinajstić information content (AvgIpc) is 2.96. The Labute approximate surface area is 254 Å². The van der Waals surface area contributed by atoms with E-state index in [4.69, 9.17) is 9.47 Å². The van der Waals surface area contributed by atoms with Crippen molar-refractivity contribution in [1.29, 1.82) is 0 Å². The summed E-state index contributed by atoms with van der Waals surface area (Å²) >= 11 is 0. The Morgan fingerprint density at radius 1 is 0.884 bits per heavy atom. The zero-order chi connectivity index (χ0) is 31.2.